The maximum atomic E-state index is 13.8. The molecule has 9 nitrogen and oxygen atoms in total. The molecule has 0 aliphatic heterocycles. The summed E-state index contributed by atoms with van der Waals surface area (Å²) < 4.78 is 139. The lowest BCUT2D eigenvalue weighted by Gasteiger charge is -2.14. The van der Waals surface area contributed by atoms with E-state index in [0.29, 0.717) is 33.9 Å². The highest BCUT2D eigenvalue weighted by Gasteiger charge is 2.36. The van der Waals surface area contributed by atoms with Crippen LogP contribution in [0.15, 0.2) is 208 Å². The number of aromatic nitrogens is 4. The Balaban J connectivity index is 0.000000178. The molecule has 10 aromatic rings. The van der Waals surface area contributed by atoms with Crippen LogP contribution in [0.5, 0.6) is 0 Å². The first-order valence-electron chi connectivity index (χ1n) is 21.6. The zero-order valence-corrected chi connectivity index (χ0v) is 40.2. The molecular weight excluding hydrogens is 995 g/mol. The van der Waals surface area contributed by atoms with Crippen molar-refractivity contribution in [1.82, 2.24) is 19.1 Å². The zero-order valence-electron chi connectivity index (χ0n) is 37.8. The van der Waals surface area contributed by atoms with Crippen LogP contribution in [0.2, 0.25) is 0 Å². The number of halogens is 6. The summed E-state index contributed by atoms with van der Waals surface area (Å²) in [4.78, 5) is 9.54. The topological polar surface area (TPSA) is 117 Å². The number of benzene rings is 6. The van der Waals surface area contributed by atoms with Crippen LogP contribution in [-0.2, 0) is 32.0 Å². The average Bonchev–Trinajstić information content (AvgIpc) is 4.22. The van der Waals surface area contributed by atoms with Crippen molar-refractivity contribution in [3.8, 4) is 78.9 Å². The van der Waals surface area contributed by atoms with Crippen molar-refractivity contribution >= 4 is 31.0 Å². The Bertz CT molecular complexity index is 3520. The first kappa shape index (κ1) is 49.2. The third kappa shape index (κ3) is 10.6. The first-order valence-corrected chi connectivity index (χ1v) is 26.3. The molecule has 72 heavy (non-hydrogen) atoms. The maximum Gasteiger partial charge on any atom is 0.417 e. The second-order valence-electron chi connectivity index (χ2n) is 16.4. The lowest BCUT2D eigenvalue weighted by atomic mass is 10.0. The summed E-state index contributed by atoms with van der Waals surface area (Å²) in [5.74, 6) is 0.307. The number of sulfone groups is 2. The molecule has 0 aliphatic carbocycles. The summed E-state index contributed by atoms with van der Waals surface area (Å²) >= 11 is 1.48. The highest BCUT2D eigenvalue weighted by Crippen LogP contribution is 2.41. The van der Waals surface area contributed by atoms with Gasteiger partial charge in [0.05, 0.1) is 44.8 Å². The van der Waals surface area contributed by atoms with Crippen molar-refractivity contribution in [3.05, 3.63) is 205 Å². The SMILES string of the molecule is CS(=O)(=O)c1cccc(-c2ccc(-n3cc(-c4ccoc4)nc3-c3ccccc3C(F)(F)F)cc2)c1.CS(=O)(=O)c1cccc(-c2ccc(-n3cc(-c4ccsc4)nc3-c3ccccc3C(F)(F)F)cc2)c1. The number of hydrogen-bond donors (Lipinski definition) is 0. The summed E-state index contributed by atoms with van der Waals surface area (Å²) in [5.41, 5.74) is 5.03. The Kier molecular flexibility index (Phi) is 13.3. The maximum absolute atomic E-state index is 13.8. The van der Waals surface area contributed by atoms with E-state index in [2.05, 4.69) is 9.97 Å². The van der Waals surface area contributed by atoms with Gasteiger partial charge in [0.1, 0.15) is 11.6 Å². The molecule has 0 atom stereocenters. The quantitative estimate of drug-likeness (QED) is 0.125. The molecule has 0 spiro atoms. The van der Waals surface area contributed by atoms with Crippen LogP contribution in [0.4, 0.5) is 26.3 Å². The van der Waals surface area contributed by atoms with Gasteiger partial charge in [-0.1, -0.05) is 84.9 Å². The van der Waals surface area contributed by atoms with Crippen molar-refractivity contribution in [3.63, 3.8) is 0 Å². The van der Waals surface area contributed by atoms with Gasteiger partial charge in [-0.25, -0.2) is 26.8 Å². The van der Waals surface area contributed by atoms with Crippen LogP contribution >= 0.6 is 11.3 Å². The van der Waals surface area contributed by atoms with E-state index < -0.39 is 43.2 Å². The molecule has 0 aliphatic rings. The van der Waals surface area contributed by atoms with Crippen molar-refractivity contribution in [2.24, 2.45) is 0 Å². The fourth-order valence-corrected chi connectivity index (χ4v) is 9.91. The minimum Gasteiger partial charge on any atom is -0.472 e. The van der Waals surface area contributed by atoms with E-state index in [1.807, 2.05) is 16.8 Å². The molecule has 0 N–H and O–H groups in total. The second-order valence-corrected chi connectivity index (χ2v) is 21.3. The van der Waals surface area contributed by atoms with Gasteiger partial charge in [0.25, 0.3) is 0 Å². The monoisotopic (exact) mass is 1030 g/mol. The van der Waals surface area contributed by atoms with Crippen LogP contribution in [0, 0.1) is 0 Å². The van der Waals surface area contributed by atoms with Crippen LogP contribution < -0.4 is 0 Å². The van der Waals surface area contributed by atoms with Gasteiger partial charge >= 0.3 is 12.4 Å². The van der Waals surface area contributed by atoms with Crippen LogP contribution in [0.25, 0.3) is 78.9 Å². The van der Waals surface area contributed by atoms with Crippen molar-refractivity contribution in [2.75, 3.05) is 12.5 Å². The molecule has 10 rings (SSSR count). The van der Waals surface area contributed by atoms with Crippen LogP contribution in [0.1, 0.15) is 11.1 Å². The Morgan fingerprint density at radius 2 is 0.931 bits per heavy atom. The van der Waals surface area contributed by atoms with E-state index in [0.717, 1.165) is 46.9 Å². The summed E-state index contributed by atoms with van der Waals surface area (Å²) in [7, 11) is -6.73. The molecule has 0 unspecified atom stereocenters. The number of rotatable bonds is 10. The predicted molar refractivity (Wildman–Crippen MR) is 266 cm³/mol. The number of imidazole rings is 2. The van der Waals surface area contributed by atoms with E-state index in [1.54, 1.807) is 125 Å². The highest BCUT2D eigenvalue weighted by atomic mass is 32.2. The fraction of sp³-hybridized carbons (Fsp3) is 0.0741. The molecule has 0 bridgehead atoms. The Hall–Kier alpha value is -7.80. The molecule has 0 fully saturated rings. The van der Waals surface area contributed by atoms with E-state index in [9.17, 15) is 43.2 Å². The number of furan rings is 1. The number of hydrogen-bond acceptors (Lipinski definition) is 8. The number of nitrogens with zero attached hydrogens (tertiary/aromatic N) is 4. The van der Waals surface area contributed by atoms with E-state index in [1.165, 1.54) is 60.3 Å². The Labute approximate surface area is 413 Å². The van der Waals surface area contributed by atoms with Crippen molar-refractivity contribution in [1.29, 1.82) is 0 Å². The fourth-order valence-electron chi connectivity index (χ4n) is 7.92. The molecule has 0 saturated carbocycles. The third-order valence-electron chi connectivity index (χ3n) is 11.5. The molecular formula is C54H38F6N4O5S3. The minimum atomic E-state index is -4.56. The largest absolute Gasteiger partial charge is 0.472 e. The van der Waals surface area contributed by atoms with Gasteiger partial charge < -0.3 is 4.42 Å². The highest BCUT2D eigenvalue weighted by molar-refractivity contribution is 7.91. The number of alkyl halides is 6. The minimum absolute atomic E-state index is 0.0172. The number of thiophene rings is 1. The molecule has 4 heterocycles. The van der Waals surface area contributed by atoms with Crippen molar-refractivity contribution < 1.29 is 47.6 Å². The summed E-state index contributed by atoms with van der Waals surface area (Å²) in [6, 6.07) is 41.7. The molecule has 18 heteroatoms. The van der Waals surface area contributed by atoms with Crippen molar-refractivity contribution in [2.45, 2.75) is 22.1 Å². The zero-order chi connectivity index (χ0) is 51.0. The summed E-state index contributed by atoms with van der Waals surface area (Å²) in [5, 5.41) is 3.78. The molecule has 364 valence electrons. The van der Waals surface area contributed by atoms with Crippen LogP contribution in [0.3, 0.4) is 0 Å². The third-order valence-corrected chi connectivity index (χ3v) is 14.4. The van der Waals surface area contributed by atoms with Crippen LogP contribution in [-0.4, -0.2) is 48.4 Å². The van der Waals surface area contributed by atoms with Gasteiger partial charge in [0, 0.05) is 63.9 Å². The molecule has 0 radical (unpaired) electrons. The molecule has 0 saturated heterocycles. The first-order chi connectivity index (χ1) is 34.2. The average molecular weight is 1030 g/mol. The van der Waals surface area contributed by atoms with Gasteiger partial charge in [-0.2, -0.15) is 37.7 Å². The molecule has 6 aromatic carbocycles. The standard InChI is InChI=1S/C27H19F3N2O3S.C27H19F3N2O2S2/c2*1-36(33,34)22-6-4-5-19(15-22)18-9-11-21(12-10-18)32-16-25(20-13-14-35-17-20)31-26(32)23-7-2-3-8-24(23)27(28,29)30/h2*2-17H,1H3. The summed E-state index contributed by atoms with van der Waals surface area (Å²) in [6.07, 6.45) is -0.467. The smallest absolute Gasteiger partial charge is 0.417 e. The van der Waals surface area contributed by atoms with Gasteiger partial charge in [0.15, 0.2) is 19.7 Å². The van der Waals surface area contributed by atoms with Gasteiger partial charge in [-0.15, -0.1) is 0 Å². The van der Waals surface area contributed by atoms with Gasteiger partial charge in [-0.3, -0.25) is 9.13 Å². The normalized spacial score (nSPS) is 12.1. The lowest BCUT2D eigenvalue weighted by Crippen LogP contribution is -2.08. The summed E-state index contributed by atoms with van der Waals surface area (Å²) in [6.45, 7) is 0. The van der Waals surface area contributed by atoms with E-state index in [-0.39, 0.29) is 32.6 Å². The predicted octanol–water partition coefficient (Wildman–Crippen LogP) is 14.2. The van der Waals surface area contributed by atoms with E-state index in [4.69, 9.17) is 4.42 Å². The van der Waals surface area contributed by atoms with Gasteiger partial charge in [-0.05, 0) is 100 Å². The Morgan fingerprint density at radius 3 is 1.32 bits per heavy atom. The van der Waals surface area contributed by atoms with E-state index >= 15 is 0 Å². The Morgan fingerprint density at radius 1 is 0.486 bits per heavy atom. The van der Waals surface area contributed by atoms with Gasteiger partial charge in [0.2, 0.25) is 0 Å². The molecule has 4 aromatic heterocycles. The lowest BCUT2D eigenvalue weighted by molar-refractivity contribution is -0.137. The second kappa shape index (κ2) is 19.4. The molecule has 0 amide bonds.